The number of benzene rings is 1. The van der Waals surface area contributed by atoms with Gasteiger partial charge >= 0.3 is 0 Å². The minimum atomic E-state index is 0.0265. The summed E-state index contributed by atoms with van der Waals surface area (Å²) in [5.74, 6) is 0.0265. The molecule has 1 unspecified atom stereocenters. The van der Waals surface area contributed by atoms with E-state index in [0.717, 1.165) is 44.2 Å². The van der Waals surface area contributed by atoms with Gasteiger partial charge in [-0.25, -0.2) is 0 Å². The number of hydrogen-bond donors (Lipinski definition) is 1. The van der Waals surface area contributed by atoms with E-state index in [-0.39, 0.29) is 12.5 Å². The number of hydrogen-bond acceptors (Lipinski definition) is 3. The Labute approximate surface area is 145 Å². The molecule has 1 N–H and O–H groups in total. The molecule has 0 spiro atoms. The van der Waals surface area contributed by atoms with Crippen LogP contribution >= 0.6 is 0 Å². The van der Waals surface area contributed by atoms with Crippen molar-refractivity contribution in [1.29, 1.82) is 0 Å². The van der Waals surface area contributed by atoms with Crippen molar-refractivity contribution in [2.24, 2.45) is 0 Å². The molecule has 132 valence electrons. The predicted octanol–water partition coefficient (Wildman–Crippen LogP) is 3.21. The zero-order valence-electron chi connectivity index (χ0n) is 15.2. The van der Waals surface area contributed by atoms with Crippen LogP contribution < -0.4 is 0 Å². The Balaban J connectivity index is 0.000000301. The molecule has 0 bridgehead atoms. The van der Waals surface area contributed by atoms with E-state index in [1.807, 2.05) is 12.1 Å². The molecule has 4 nitrogen and oxygen atoms in total. The lowest BCUT2D eigenvalue weighted by Gasteiger charge is -2.20. The van der Waals surface area contributed by atoms with E-state index in [1.165, 1.54) is 16.6 Å². The molecule has 1 atom stereocenters. The number of carbonyl (C=O) groups excluding carboxylic acids is 1. The topological polar surface area (TPSA) is 45.5 Å². The molecule has 4 heteroatoms. The first-order chi connectivity index (χ1) is 11.7. The molecule has 1 heterocycles. The molecule has 1 aromatic heterocycles. The summed E-state index contributed by atoms with van der Waals surface area (Å²) in [5.41, 5.74) is 3.58. The van der Waals surface area contributed by atoms with Crippen LogP contribution in [0.25, 0.3) is 10.9 Å². The van der Waals surface area contributed by atoms with Gasteiger partial charge in [0.15, 0.2) is 0 Å². The van der Waals surface area contributed by atoms with Gasteiger partial charge in [-0.1, -0.05) is 32.0 Å². The first-order valence-electron chi connectivity index (χ1n) is 9.02. The van der Waals surface area contributed by atoms with E-state index < -0.39 is 0 Å². The summed E-state index contributed by atoms with van der Waals surface area (Å²) < 4.78 is 2.18. The summed E-state index contributed by atoms with van der Waals surface area (Å²) in [7, 11) is 2.11. The van der Waals surface area contributed by atoms with Gasteiger partial charge in [-0.2, -0.15) is 0 Å². The molecule has 0 fully saturated rings. The lowest BCUT2D eigenvalue weighted by Crippen LogP contribution is -2.15. The van der Waals surface area contributed by atoms with Gasteiger partial charge in [0.1, 0.15) is 6.29 Å². The molecule has 1 aromatic carbocycles. The second-order valence-electron chi connectivity index (χ2n) is 6.38. The quantitative estimate of drug-likeness (QED) is 0.856. The summed E-state index contributed by atoms with van der Waals surface area (Å²) in [6.07, 6.45) is 4.09. The number of aromatic nitrogens is 1. The predicted molar refractivity (Wildman–Crippen MR) is 99.6 cm³/mol. The number of aliphatic hydroxyl groups excluding tert-OH is 1. The van der Waals surface area contributed by atoms with E-state index in [2.05, 4.69) is 42.5 Å². The largest absolute Gasteiger partial charge is 0.395 e. The second-order valence-corrected chi connectivity index (χ2v) is 6.38. The van der Waals surface area contributed by atoms with Crippen molar-refractivity contribution in [2.75, 3.05) is 26.7 Å². The van der Waals surface area contributed by atoms with Crippen molar-refractivity contribution in [3.8, 4) is 0 Å². The summed E-state index contributed by atoms with van der Waals surface area (Å²) in [6, 6.07) is 8.19. The van der Waals surface area contributed by atoms with Gasteiger partial charge in [-0.3, -0.25) is 0 Å². The highest BCUT2D eigenvalue weighted by molar-refractivity contribution is 5.89. The minimum Gasteiger partial charge on any atom is -0.395 e. The van der Waals surface area contributed by atoms with Crippen LogP contribution in [-0.2, 0) is 17.8 Å². The van der Waals surface area contributed by atoms with Gasteiger partial charge in [-0.15, -0.1) is 0 Å². The zero-order chi connectivity index (χ0) is 17.5. The highest BCUT2D eigenvalue weighted by Crippen LogP contribution is 2.38. The standard InChI is InChI=1S/C15H17NO2.C5H13N/c17-9-8-16-13-6-2-1-5-12(13)15-11(10-18)4-3-7-14(15)16;1-4-6(3)5-2/h1-2,5-6,10-11,17H,3-4,7-9H2;4-5H2,1-3H3. The molecule has 0 radical (unpaired) electrons. The fourth-order valence-electron chi connectivity index (χ4n) is 3.42. The molecule has 1 aliphatic carbocycles. The number of rotatable bonds is 5. The summed E-state index contributed by atoms with van der Waals surface area (Å²) in [6.45, 7) is 7.39. The number of aldehydes is 1. The number of fused-ring (bicyclic) bond motifs is 3. The van der Waals surface area contributed by atoms with Crippen LogP contribution in [0.5, 0.6) is 0 Å². The van der Waals surface area contributed by atoms with Crippen LogP contribution in [0.1, 0.15) is 43.9 Å². The fourth-order valence-corrected chi connectivity index (χ4v) is 3.42. The SMILES string of the molecule is CCN(C)CC.O=CC1CCCc2c1c1ccccc1n2CCO. The third kappa shape index (κ3) is 3.87. The van der Waals surface area contributed by atoms with Gasteiger partial charge in [0.05, 0.1) is 6.61 Å². The Kier molecular flexibility index (Phi) is 7.00. The van der Waals surface area contributed by atoms with E-state index >= 15 is 0 Å². The Morgan fingerprint density at radius 1 is 1.29 bits per heavy atom. The van der Waals surface area contributed by atoms with Crippen LogP contribution in [0.2, 0.25) is 0 Å². The zero-order valence-corrected chi connectivity index (χ0v) is 15.2. The number of aliphatic hydroxyl groups is 1. The summed E-state index contributed by atoms with van der Waals surface area (Å²) >= 11 is 0. The lowest BCUT2D eigenvalue weighted by atomic mass is 9.86. The van der Waals surface area contributed by atoms with Crippen LogP contribution in [0.3, 0.4) is 0 Å². The highest BCUT2D eigenvalue weighted by atomic mass is 16.3. The van der Waals surface area contributed by atoms with Gasteiger partial charge in [0, 0.05) is 29.1 Å². The average molecular weight is 330 g/mol. The molecule has 0 aliphatic heterocycles. The van der Waals surface area contributed by atoms with E-state index in [0.29, 0.717) is 6.54 Å². The van der Waals surface area contributed by atoms with Crippen molar-refractivity contribution in [1.82, 2.24) is 9.47 Å². The molecule has 2 aromatic rings. The normalized spacial score (nSPS) is 16.6. The highest BCUT2D eigenvalue weighted by Gasteiger charge is 2.26. The Morgan fingerprint density at radius 2 is 2.00 bits per heavy atom. The maximum absolute atomic E-state index is 11.3. The molecule has 0 amide bonds. The summed E-state index contributed by atoms with van der Waals surface area (Å²) in [4.78, 5) is 13.5. The smallest absolute Gasteiger partial charge is 0.127 e. The van der Waals surface area contributed by atoms with E-state index in [4.69, 9.17) is 0 Å². The number of para-hydroxylation sites is 1. The molecule has 0 saturated carbocycles. The minimum absolute atomic E-state index is 0.0265. The van der Waals surface area contributed by atoms with Crippen LogP contribution in [0.4, 0.5) is 0 Å². The first kappa shape index (κ1) is 18.7. The van der Waals surface area contributed by atoms with Crippen molar-refractivity contribution in [3.05, 3.63) is 35.5 Å². The fraction of sp³-hybridized carbons (Fsp3) is 0.550. The Hall–Kier alpha value is -1.65. The Morgan fingerprint density at radius 3 is 2.58 bits per heavy atom. The third-order valence-electron chi connectivity index (χ3n) is 4.99. The van der Waals surface area contributed by atoms with Gasteiger partial charge < -0.3 is 19.4 Å². The van der Waals surface area contributed by atoms with Crippen molar-refractivity contribution < 1.29 is 9.90 Å². The van der Waals surface area contributed by atoms with Crippen LogP contribution in [0, 0.1) is 0 Å². The van der Waals surface area contributed by atoms with Crippen molar-refractivity contribution >= 4 is 17.2 Å². The number of nitrogens with zero attached hydrogens (tertiary/aromatic N) is 2. The number of carbonyl (C=O) groups is 1. The molecular formula is C20H30N2O2. The molecule has 0 saturated heterocycles. The lowest BCUT2D eigenvalue weighted by molar-refractivity contribution is -0.109. The second kappa shape index (κ2) is 9.00. The van der Waals surface area contributed by atoms with Gasteiger partial charge in [0.25, 0.3) is 0 Å². The van der Waals surface area contributed by atoms with Crippen LogP contribution in [0.15, 0.2) is 24.3 Å². The Bertz CT molecular complexity index is 659. The molecule has 24 heavy (non-hydrogen) atoms. The van der Waals surface area contributed by atoms with Crippen molar-refractivity contribution in [2.45, 2.75) is 45.6 Å². The first-order valence-corrected chi connectivity index (χ1v) is 9.02. The molecule has 3 rings (SSSR count). The van der Waals surface area contributed by atoms with E-state index in [1.54, 1.807) is 0 Å². The van der Waals surface area contributed by atoms with Crippen molar-refractivity contribution in [3.63, 3.8) is 0 Å². The molecular weight excluding hydrogens is 300 g/mol. The maximum Gasteiger partial charge on any atom is 0.127 e. The molecule has 1 aliphatic rings. The van der Waals surface area contributed by atoms with Gasteiger partial charge in [0.2, 0.25) is 0 Å². The maximum atomic E-state index is 11.3. The summed E-state index contributed by atoms with van der Waals surface area (Å²) in [5, 5.41) is 10.4. The van der Waals surface area contributed by atoms with Crippen LogP contribution in [-0.4, -0.2) is 47.6 Å². The van der Waals surface area contributed by atoms with Gasteiger partial charge in [-0.05, 0) is 51.0 Å². The average Bonchev–Trinajstić information content (AvgIpc) is 2.96. The van der Waals surface area contributed by atoms with E-state index in [9.17, 15) is 9.90 Å². The monoisotopic (exact) mass is 330 g/mol. The third-order valence-corrected chi connectivity index (χ3v) is 4.99.